The molecule has 0 spiro atoms. The average molecular weight is 311 g/mol. The van der Waals surface area contributed by atoms with Gasteiger partial charge in [-0.25, -0.2) is 0 Å². The number of nitrogens with one attached hydrogen (secondary N) is 1. The molecule has 1 aliphatic rings. The van der Waals surface area contributed by atoms with Crippen molar-refractivity contribution in [3.8, 4) is 0 Å². The number of hydrogen-bond donors (Lipinski definition) is 1. The highest BCUT2D eigenvalue weighted by Crippen LogP contribution is 2.39. The number of ketones is 1. The Morgan fingerprint density at radius 2 is 1.90 bits per heavy atom. The summed E-state index contributed by atoms with van der Waals surface area (Å²) in [6.45, 7) is 0. The number of benzene rings is 2. The number of Topliss-reactive ketones (excluding diaryl/α,β-unsaturated/α-hetero) is 1. The van der Waals surface area contributed by atoms with E-state index in [0.29, 0.717) is 5.75 Å². The second-order valence-corrected chi connectivity index (χ2v) is 7.06. The molecule has 4 heteroatoms. The SMILES string of the molecule is O=C1CSC(c2cccs2)Nc2cccc3cccc1c23. The van der Waals surface area contributed by atoms with Crippen molar-refractivity contribution in [2.45, 2.75) is 5.37 Å². The van der Waals surface area contributed by atoms with E-state index in [9.17, 15) is 4.79 Å². The molecular formula is C17H13NOS2. The number of hydrogen-bond acceptors (Lipinski definition) is 4. The molecule has 0 saturated heterocycles. The second kappa shape index (κ2) is 5.20. The Morgan fingerprint density at radius 3 is 2.71 bits per heavy atom. The number of carbonyl (C=O) groups excluding carboxylic acids is 1. The quantitative estimate of drug-likeness (QED) is 0.690. The topological polar surface area (TPSA) is 29.1 Å². The maximum atomic E-state index is 12.5. The minimum atomic E-state index is 0.132. The summed E-state index contributed by atoms with van der Waals surface area (Å²) < 4.78 is 0. The minimum absolute atomic E-state index is 0.132. The number of rotatable bonds is 1. The maximum absolute atomic E-state index is 12.5. The molecule has 3 aromatic rings. The number of thiophene rings is 1. The summed E-state index contributed by atoms with van der Waals surface area (Å²) in [6, 6.07) is 16.3. The van der Waals surface area contributed by atoms with Crippen LogP contribution in [0.2, 0.25) is 0 Å². The van der Waals surface area contributed by atoms with E-state index in [4.69, 9.17) is 0 Å². The van der Waals surface area contributed by atoms with E-state index in [1.54, 1.807) is 23.1 Å². The molecule has 2 nitrogen and oxygen atoms in total. The third kappa shape index (κ3) is 2.24. The fraction of sp³-hybridized carbons (Fsp3) is 0.118. The van der Waals surface area contributed by atoms with Gasteiger partial charge in [-0.15, -0.1) is 23.1 Å². The van der Waals surface area contributed by atoms with Gasteiger partial charge in [0.15, 0.2) is 5.78 Å². The van der Waals surface area contributed by atoms with Gasteiger partial charge in [-0.05, 0) is 22.9 Å². The molecular weight excluding hydrogens is 298 g/mol. The largest absolute Gasteiger partial charge is 0.368 e. The molecule has 0 radical (unpaired) electrons. The summed E-state index contributed by atoms with van der Waals surface area (Å²) in [6.07, 6.45) is 0. The zero-order valence-electron chi connectivity index (χ0n) is 11.2. The predicted octanol–water partition coefficient (Wildman–Crippen LogP) is 4.94. The van der Waals surface area contributed by atoms with Crippen molar-refractivity contribution in [2.24, 2.45) is 0 Å². The molecule has 0 aliphatic carbocycles. The van der Waals surface area contributed by atoms with E-state index in [0.717, 1.165) is 22.0 Å². The predicted molar refractivity (Wildman–Crippen MR) is 91.4 cm³/mol. The summed E-state index contributed by atoms with van der Waals surface area (Å²) in [5.41, 5.74) is 1.87. The molecule has 1 aromatic heterocycles. The normalized spacial score (nSPS) is 18.1. The summed E-state index contributed by atoms with van der Waals surface area (Å²) in [5, 5.41) is 7.98. The van der Waals surface area contributed by atoms with E-state index in [1.807, 2.05) is 18.2 Å². The van der Waals surface area contributed by atoms with E-state index >= 15 is 0 Å². The van der Waals surface area contributed by atoms with Gasteiger partial charge in [-0.2, -0.15) is 0 Å². The molecule has 21 heavy (non-hydrogen) atoms. The fourth-order valence-electron chi connectivity index (χ4n) is 2.71. The lowest BCUT2D eigenvalue weighted by Crippen LogP contribution is -2.14. The second-order valence-electron chi connectivity index (χ2n) is 4.98. The van der Waals surface area contributed by atoms with Crippen molar-refractivity contribution < 1.29 is 4.79 Å². The Morgan fingerprint density at radius 1 is 1.05 bits per heavy atom. The van der Waals surface area contributed by atoms with Crippen molar-refractivity contribution in [2.75, 3.05) is 11.1 Å². The maximum Gasteiger partial charge on any atom is 0.173 e. The van der Waals surface area contributed by atoms with Gasteiger partial charge in [0.1, 0.15) is 5.37 Å². The molecule has 0 fully saturated rings. The summed E-state index contributed by atoms with van der Waals surface area (Å²) in [4.78, 5) is 13.8. The lowest BCUT2D eigenvalue weighted by atomic mass is 10.00. The molecule has 4 rings (SSSR count). The van der Waals surface area contributed by atoms with Crippen LogP contribution in [0, 0.1) is 0 Å². The highest BCUT2D eigenvalue weighted by atomic mass is 32.2. The van der Waals surface area contributed by atoms with Crippen LogP contribution in [0.25, 0.3) is 10.8 Å². The van der Waals surface area contributed by atoms with Crippen molar-refractivity contribution in [3.05, 3.63) is 64.4 Å². The summed E-state index contributed by atoms with van der Waals surface area (Å²) in [5.74, 6) is 0.712. The molecule has 2 aromatic carbocycles. The van der Waals surface area contributed by atoms with Crippen molar-refractivity contribution in [1.29, 1.82) is 0 Å². The van der Waals surface area contributed by atoms with Gasteiger partial charge >= 0.3 is 0 Å². The summed E-state index contributed by atoms with van der Waals surface area (Å²) in [7, 11) is 0. The molecule has 1 atom stereocenters. The molecule has 1 N–H and O–H groups in total. The van der Waals surface area contributed by atoms with Crippen LogP contribution in [-0.2, 0) is 0 Å². The van der Waals surface area contributed by atoms with Crippen LogP contribution in [0.3, 0.4) is 0 Å². The summed E-state index contributed by atoms with van der Waals surface area (Å²) >= 11 is 3.38. The Hall–Kier alpha value is -1.78. The first kappa shape index (κ1) is 12.9. The van der Waals surface area contributed by atoms with Gasteiger partial charge in [0.05, 0.1) is 5.75 Å². The van der Waals surface area contributed by atoms with E-state index in [-0.39, 0.29) is 11.2 Å². The van der Waals surface area contributed by atoms with Gasteiger partial charge in [0.25, 0.3) is 0 Å². The standard InChI is InChI=1S/C17H13NOS2/c19-14-10-21-17(15-8-3-9-20-15)18-13-7-2-5-11-4-1-6-12(14)16(11)13/h1-9,17-18H,10H2. The number of carbonyl (C=O) groups is 1. The van der Waals surface area contributed by atoms with Crippen molar-refractivity contribution >= 4 is 45.3 Å². The fourth-order valence-corrected chi connectivity index (χ4v) is 4.66. The third-order valence-corrected chi connectivity index (χ3v) is 5.89. The Balaban J connectivity index is 1.91. The molecule has 2 heterocycles. The van der Waals surface area contributed by atoms with Crippen LogP contribution in [0.4, 0.5) is 5.69 Å². The van der Waals surface area contributed by atoms with E-state index in [1.165, 1.54) is 4.88 Å². The number of thioether (sulfide) groups is 1. The van der Waals surface area contributed by atoms with Gasteiger partial charge in [-0.1, -0.05) is 36.4 Å². The first-order valence-electron chi connectivity index (χ1n) is 6.79. The molecule has 1 aliphatic heterocycles. The van der Waals surface area contributed by atoms with E-state index in [2.05, 4.69) is 41.0 Å². The van der Waals surface area contributed by atoms with Crippen LogP contribution in [-0.4, -0.2) is 11.5 Å². The number of anilines is 1. The zero-order valence-corrected chi connectivity index (χ0v) is 12.8. The highest BCUT2D eigenvalue weighted by Gasteiger charge is 2.22. The van der Waals surface area contributed by atoms with Crippen molar-refractivity contribution in [3.63, 3.8) is 0 Å². The average Bonchev–Trinajstić information content (AvgIpc) is 3.03. The monoisotopic (exact) mass is 311 g/mol. The Kier molecular flexibility index (Phi) is 3.20. The van der Waals surface area contributed by atoms with E-state index < -0.39 is 0 Å². The molecule has 0 amide bonds. The van der Waals surface area contributed by atoms with Gasteiger partial charge in [0, 0.05) is 21.5 Å². The van der Waals surface area contributed by atoms with Gasteiger partial charge in [-0.3, -0.25) is 4.79 Å². The van der Waals surface area contributed by atoms with Crippen molar-refractivity contribution in [1.82, 2.24) is 0 Å². The Bertz CT molecular complexity index is 806. The smallest absolute Gasteiger partial charge is 0.173 e. The highest BCUT2D eigenvalue weighted by molar-refractivity contribution is 8.00. The third-order valence-electron chi connectivity index (χ3n) is 3.67. The van der Waals surface area contributed by atoms with Crippen LogP contribution >= 0.6 is 23.1 Å². The molecule has 1 unspecified atom stereocenters. The first-order valence-corrected chi connectivity index (χ1v) is 8.72. The van der Waals surface area contributed by atoms with Crippen LogP contribution in [0.15, 0.2) is 53.9 Å². The molecule has 104 valence electrons. The van der Waals surface area contributed by atoms with Crippen LogP contribution < -0.4 is 5.32 Å². The minimum Gasteiger partial charge on any atom is -0.368 e. The molecule has 0 bridgehead atoms. The Labute approximate surface area is 131 Å². The zero-order chi connectivity index (χ0) is 14.2. The lowest BCUT2D eigenvalue weighted by molar-refractivity contribution is 0.102. The molecule has 0 saturated carbocycles. The van der Waals surface area contributed by atoms with Crippen LogP contribution in [0.5, 0.6) is 0 Å². The lowest BCUT2D eigenvalue weighted by Gasteiger charge is -2.23. The van der Waals surface area contributed by atoms with Gasteiger partial charge in [0.2, 0.25) is 0 Å². The van der Waals surface area contributed by atoms with Gasteiger partial charge < -0.3 is 5.32 Å². The van der Waals surface area contributed by atoms with Crippen LogP contribution in [0.1, 0.15) is 20.6 Å². The first-order chi connectivity index (χ1) is 10.3.